The number of fused-ring (bicyclic) bond motifs is 1. The zero-order chi connectivity index (χ0) is 13.3. The highest BCUT2D eigenvalue weighted by molar-refractivity contribution is 5.99. The molecule has 0 radical (unpaired) electrons. The van der Waals surface area contributed by atoms with Crippen molar-refractivity contribution in [1.29, 1.82) is 0 Å². The predicted octanol–water partition coefficient (Wildman–Crippen LogP) is 1.13. The summed E-state index contributed by atoms with van der Waals surface area (Å²) in [6, 6.07) is 5.35. The molecule has 5 nitrogen and oxygen atoms in total. The fourth-order valence-corrected chi connectivity index (χ4v) is 2.06. The topological polar surface area (TPSA) is 84.2 Å². The molecule has 96 valence electrons. The van der Waals surface area contributed by atoms with Gasteiger partial charge in [-0.2, -0.15) is 0 Å². The second-order valence-electron chi connectivity index (χ2n) is 5.20. The molecule has 5 heteroatoms. The minimum atomic E-state index is -0.527. The van der Waals surface area contributed by atoms with Crippen molar-refractivity contribution in [2.75, 3.05) is 11.9 Å². The molecule has 3 amide bonds. The Morgan fingerprint density at radius 2 is 2.22 bits per heavy atom. The Morgan fingerprint density at radius 1 is 1.50 bits per heavy atom. The highest BCUT2D eigenvalue weighted by Crippen LogP contribution is 2.29. The number of hydrogen-bond acceptors (Lipinski definition) is 2. The van der Waals surface area contributed by atoms with Gasteiger partial charge in [0, 0.05) is 17.6 Å². The first-order valence-electron chi connectivity index (χ1n) is 5.85. The third kappa shape index (κ3) is 2.45. The van der Waals surface area contributed by atoms with E-state index >= 15 is 0 Å². The maximum atomic E-state index is 11.3. The predicted molar refractivity (Wildman–Crippen MR) is 69.4 cm³/mol. The fourth-order valence-electron chi connectivity index (χ4n) is 2.06. The van der Waals surface area contributed by atoms with Crippen molar-refractivity contribution in [1.82, 2.24) is 5.32 Å². The summed E-state index contributed by atoms with van der Waals surface area (Å²) in [7, 11) is 0. The van der Waals surface area contributed by atoms with E-state index in [1.54, 1.807) is 0 Å². The molecule has 0 bridgehead atoms. The summed E-state index contributed by atoms with van der Waals surface area (Å²) in [5, 5.41) is 5.41. The van der Waals surface area contributed by atoms with Crippen molar-refractivity contribution in [2.24, 2.45) is 5.73 Å². The first-order chi connectivity index (χ1) is 8.38. The van der Waals surface area contributed by atoms with Gasteiger partial charge in [0.15, 0.2) is 0 Å². The van der Waals surface area contributed by atoms with Gasteiger partial charge in [0.05, 0.1) is 6.42 Å². The molecule has 4 N–H and O–H groups in total. The molecule has 1 heterocycles. The lowest BCUT2D eigenvalue weighted by atomic mass is 9.83. The van der Waals surface area contributed by atoms with Gasteiger partial charge in [-0.25, -0.2) is 4.79 Å². The van der Waals surface area contributed by atoms with Crippen molar-refractivity contribution in [3.63, 3.8) is 0 Å². The monoisotopic (exact) mass is 247 g/mol. The Balaban J connectivity index is 2.21. The van der Waals surface area contributed by atoms with Crippen LogP contribution in [0.25, 0.3) is 0 Å². The summed E-state index contributed by atoms with van der Waals surface area (Å²) in [6.45, 7) is 4.51. The Labute approximate surface area is 106 Å². The Kier molecular flexibility index (Phi) is 2.98. The second-order valence-corrected chi connectivity index (χ2v) is 5.20. The fraction of sp³-hybridized carbons (Fsp3) is 0.385. The zero-order valence-electron chi connectivity index (χ0n) is 10.5. The first kappa shape index (κ1) is 12.4. The highest BCUT2D eigenvalue weighted by Gasteiger charge is 2.24. The van der Waals surface area contributed by atoms with Crippen LogP contribution in [0.5, 0.6) is 0 Å². The van der Waals surface area contributed by atoms with Crippen LogP contribution < -0.4 is 16.4 Å². The van der Waals surface area contributed by atoms with E-state index in [0.29, 0.717) is 13.0 Å². The molecule has 0 atom stereocenters. The SMILES string of the molecule is CC(C)(CNC(N)=O)c1ccc2c(c1)CC(=O)N2. The number of hydrogen-bond donors (Lipinski definition) is 3. The van der Waals surface area contributed by atoms with E-state index in [-0.39, 0.29) is 11.3 Å². The number of anilines is 1. The molecular weight excluding hydrogens is 230 g/mol. The summed E-state index contributed by atoms with van der Waals surface area (Å²) >= 11 is 0. The van der Waals surface area contributed by atoms with Gasteiger partial charge in [-0.05, 0) is 17.2 Å². The van der Waals surface area contributed by atoms with Crippen LogP contribution >= 0.6 is 0 Å². The van der Waals surface area contributed by atoms with Gasteiger partial charge in [0.2, 0.25) is 5.91 Å². The molecule has 18 heavy (non-hydrogen) atoms. The molecule has 1 aromatic carbocycles. The molecule has 0 saturated carbocycles. The number of carbonyl (C=O) groups is 2. The molecule has 2 rings (SSSR count). The molecule has 0 unspecified atom stereocenters. The van der Waals surface area contributed by atoms with Crippen molar-refractivity contribution in [2.45, 2.75) is 25.7 Å². The van der Waals surface area contributed by atoms with Crippen LogP contribution in [0.15, 0.2) is 18.2 Å². The van der Waals surface area contributed by atoms with Crippen molar-refractivity contribution in [3.05, 3.63) is 29.3 Å². The molecule has 0 spiro atoms. The van der Waals surface area contributed by atoms with Gasteiger partial charge >= 0.3 is 6.03 Å². The molecule has 0 aliphatic carbocycles. The van der Waals surface area contributed by atoms with Crippen LogP contribution in [-0.4, -0.2) is 18.5 Å². The van der Waals surface area contributed by atoms with Gasteiger partial charge in [-0.1, -0.05) is 26.0 Å². The second kappa shape index (κ2) is 4.33. The van der Waals surface area contributed by atoms with Crippen molar-refractivity contribution in [3.8, 4) is 0 Å². The van der Waals surface area contributed by atoms with Crippen LogP contribution in [0.1, 0.15) is 25.0 Å². The molecule has 1 aliphatic rings. The number of amides is 3. The van der Waals surface area contributed by atoms with E-state index in [9.17, 15) is 9.59 Å². The van der Waals surface area contributed by atoms with Crippen molar-refractivity contribution < 1.29 is 9.59 Å². The molecule has 0 saturated heterocycles. The van der Waals surface area contributed by atoms with Gasteiger partial charge in [-0.3, -0.25) is 4.79 Å². The van der Waals surface area contributed by atoms with E-state index in [1.165, 1.54) is 0 Å². The van der Waals surface area contributed by atoms with Crippen LogP contribution in [0.2, 0.25) is 0 Å². The third-order valence-electron chi connectivity index (χ3n) is 3.22. The lowest BCUT2D eigenvalue weighted by molar-refractivity contribution is -0.115. The molecule has 1 aliphatic heterocycles. The van der Waals surface area contributed by atoms with Crippen LogP contribution in [-0.2, 0) is 16.6 Å². The largest absolute Gasteiger partial charge is 0.352 e. The van der Waals surface area contributed by atoms with Crippen LogP contribution in [0.3, 0.4) is 0 Å². The standard InChI is InChI=1S/C13H17N3O2/c1-13(2,7-15-12(14)18)9-3-4-10-8(5-9)6-11(17)16-10/h3-5H,6-7H2,1-2H3,(H,16,17)(H3,14,15,18). The minimum Gasteiger partial charge on any atom is -0.352 e. The lowest BCUT2D eigenvalue weighted by Gasteiger charge is -2.25. The summed E-state index contributed by atoms with van der Waals surface area (Å²) < 4.78 is 0. The third-order valence-corrected chi connectivity index (χ3v) is 3.22. The molecular formula is C13H17N3O2. The summed E-state index contributed by atoms with van der Waals surface area (Å²) in [4.78, 5) is 22.1. The van der Waals surface area contributed by atoms with E-state index in [0.717, 1.165) is 16.8 Å². The number of nitrogens with one attached hydrogen (secondary N) is 2. The lowest BCUT2D eigenvalue weighted by Crippen LogP contribution is -2.39. The number of carbonyl (C=O) groups excluding carboxylic acids is 2. The number of urea groups is 1. The molecule has 0 fully saturated rings. The number of rotatable bonds is 3. The van der Waals surface area contributed by atoms with E-state index in [1.807, 2.05) is 32.0 Å². The average molecular weight is 247 g/mol. The maximum absolute atomic E-state index is 11.3. The summed E-state index contributed by atoms with van der Waals surface area (Å²) in [6.07, 6.45) is 0.419. The van der Waals surface area contributed by atoms with Gasteiger partial charge < -0.3 is 16.4 Å². The van der Waals surface area contributed by atoms with Crippen LogP contribution in [0, 0.1) is 0 Å². The van der Waals surface area contributed by atoms with Crippen LogP contribution in [0.4, 0.5) is 10.5 Å². The average Bonchev–Trinajstić information content (AvgIpc) is 2.65. The quantitative estimate of drug-likeness (QED) is 0.748. The summed E-state index contributed by atoms with van der Waals surface area (Å²) in [5.41, 5.74) is 7.81. The first-order valence-corrected chi connectivity index (χ1v) is 5.85. The highest BCUT2D eigenvalue weighted by atomic mass is 16.2. The Bertz CT molecular complexity index is 509. The maximum Gasteiger partial charge on any atom is 0.312 e. The van der Waals surface area contributed by atoms with Crippen molar-refractivity contribution >= 4 is 17.6 Å². The van der Waals surface area contributed by atoms with Gasteiger partial charge in [-0.15, -0.1) is 0 Å². The molecule has 1 aromatic rings. The normalized spacial score (nSPS) is 14.0. The smallest absolute Gasteiger partial charge is 0.312 e. The van der Waals surface area contributed by atoms with Gasteiger partial charge in [0.1, 0.15) is 0 Å². The molecule has 0 aromatic heterocycles. The summed E-state index contributed by atoms with van der Waals surface area (Å²) in [5.74, 6) is 0.0233. The minimum absolute atomic E-state index is 0.0233. The van der Waals surface area contributed by atoms with E-state index in [4.69, 9.17) is 5.73 Å². The van der Waals surface area contributed by atoms with E-state index in [2.05, 4.69) is 10.6 Å². The van der Waals surface area contributed by atoms with E-state index < -0.39 is 6.03 Å². The Hall–Kier alpha value is -2.04. The number of primary amides is 1. The number of benzene rings is 1. The number of nitrogens with two attached hydrogens (primary N) is 1. The van der Waals surface area contributed by atoms with Gasteiger partial charge in [0.25, 0.3) is 0 Å². The Morgan fingerprint density at radius 3 is 2.89 bits per heavy atom. The zero-order valence-corrected chi connectivity index (χ0v) is 10.5.